The maximum Gasteiger partial charge on any atom is 0.320 e. The lowest BCUT2D eigenvalue weighted by Crippen LogP contribution is -2.49. The fraction of sp³-hybridized carbons (Fsp3) is 0.786. The first-order valence-electron chi connectivity index (χ1n) is 7.38. The highest BCUT2D eigenvalue weighted by atomic mass is 16.4. The van der Waals surface area contributed by atoms with Gasteiger partial charge in [-0.25, -0.2) is 4.79 Å². The van der Waals surface area contributed by atoms with Gasteiger partial charge in [0.15, 0.2) is 0 Å². The van der Waals surface area contributed by atoms with Crippen LogP contribution in [0.1, 0.15) is 33.1 Å². The van der Waals surface area contributed by atoms with Crippen LogP contribution in [0.25, 0.3) is 0 Å². The third-order valence-corrected chi connectivity index (χ3v) is 3.75. The van der Waals surface area contributed by atoms with E-state index in [4.69, 9.17) is 5.11 Å². The molecule has 0 aromatic heterocycles. The van der Waals surface area contributed by atoms with Crippen molar-refractivity contribution in [2.75, 3.05) is 33.2 Å². The molecule has 1 N–H and O–H groups in total. The number of amides is 3. The minimum absolute atomic E-state index is 0.0368. The van der Waals surface area contributed by atoms with Crippen molar-refractivity contribution in [2.45, 2.75) is 39.2 Å². The number of carboxylic acid groups (broad SMARTS) is 1. The number of nitrogens with zero attached hydrogens (tertiary/aromatic N) is 3. The van der Waals surface area contributed by atoms with Crippen molar-refractivity contribution in [1.29, 1.82) is 0 Å². The Morgan fingerprint density at radius 3 is 2.29 bits per heavy atom. The number of rotatable bonds is 6. The summed E-state index contributed by atoms with van der Waals surface area (Å²) < 4.78 is 0. The van der Waals surface area contributed by atoms with Gasteiger partial charge in [0.05, 0.1) is 6.42 Å². The third-order valence-electron chi connectivity index (χ3n) is 3.75. The van der Waals surface area contributed by atoms with Crippen LogP contribution in [-0.2, 0) is 9.59 Å². The highest BCUT2D eigenvalue weighted by Crippen LogP contribution is 2.10. The van der Waals surface area contributed by atoms with Crippen molar-refractivity contribution in [3.63, 3.8) is 0 Å². The van der Waals surface area contributed by atoms with Crippen LogP contribution < -0.4 is 0 Å². The summed E-state index contributed by atoms with van der Waals surface area (Å²) in [5.74, 6) is -0.991. The van der Waals surface area contributed by atoms with Crippen molar-refractivity contribution in [2.24, 2.45) is 0 Å². The fourth-order valence-electron chi connectivity index (χ4n) is 2.55. The van der Waals surface area contributed by atoms with Gasteiger partial charge in [-0.05, 0) is 26.7 Å². The van der Waals surface area contributed by atoms with Crippen molar-refractivity contribution >= 4 is 17.9 Å². The molecular weight excluding hydrogens is 274 g/mol. The second kappa shape index (κ2) is 7.85. The fourth-order valence-corrected chi connectivity index (χ4v) is 2.55. The summed E-state index contributed by atoms with van der Waals surface area (Å²) in [6.07, 6.45) is 1.92. The number of likely N-dealkylation sites (tertiary alicyclic amines) is 1. The summed E-state index contributed by atoms with van der Waals surface area (Å²) >= 11 is 0. The standard InChI is InChI=1S/C14H25N3O4/c1-4-17(11(2)9-13(19)20)14(21)15(3)10-12(18)16-7-5-6-8-16/h11H,4-10H2,1-3H3,(H,19,20). The summed E-state index contributed by atoms with van der Waals surface area (Å²) in [7, 11) is 1.58. The molecule has 7 heteroatoms. The van der Waals surface area contributed by atoms with Crippen LogP contribution in [0.4, 0.5) is 4.79 Å². The molecule has 1 fully saturated rings. The number of urea groups is 1. The summed E-state index contributed by atoms with van der Waals surface area (Å²) in [5.41, 5.74) is 0. The number of hydrogen-bond acceptors (Lipinski definition) is 3. The van der Waals surface area contributed by atoms with Gasteiger partial charge < -0.3 is 19.8 Å². The topological polar surface area (TPSA) is 81.2 Å². The average Bonchev–Trinajstić information content (AvgIpc) is 2.92. The van der Waals surface area contributed by atoms with Crippen LogP contribution >= 0.6 is 0 Å². The number of carboxylic acids is 1. The SMILES string of the molecule is CCN(C(=O)N(C)CC(=O)N1CCCC1)C(C)CC(=O)O. The van der Waals surface area contributed by atoms with E-state index >= 15 is 0 Å². The molecular formula is C14H25N3O4. The smallest absolute Gasteiger partial charge is 0.320 e. The molecule has 1 atom stereocenters. The zero-order valence-corrected chi connectivity index (χ0v) is 13.0. The van der Waals surface area contributed by atoms with Crippen LogP contribution in [0.2, 0.25) is 0 Å². The zero-order valence-electron chi connectivity index (χ0n) is 13.0. The molecule has 0 aromatic carbocycles. The van der Waals surface area contributed by atoms with E-state index in [9.17, 15) is 14.4 Å². The van der Waals surface area contributed by atoms with E-state index in [1.165, 1.54) is 9.80 Å². The minimum atomic E-state index is -0.940. The van der Waals surface area contributed by atoms with Gasteiger partial charge in [0.1, 0.15) is 6.54 Å². The molecule has 1 rings (SSSR count). The second-order valence-corrected chi connectivity index (χ2v) is 5.46. The molecule has 1 saturated heterocycles. The summed E-state index contributed by atoms with van der Waals surface area (Å²) in [5, 5.41) is 8.83. The van der Waals surface area contributed by atoms with Gasteiger partial charge >= 0.3 is 12.0 Å². The maximum atomic E-state index is 12.3. The lowest BCUT2D eigenvalue weighted by atomic mass is 10.2. The Morgan fingerprint density at radius 1 is 1.24 bits per heavy atom. The van der Waals surface area contributed by atoms with Gasteiger partial charge in [0.25, 0.3) is 0 Å². The van der Waals surface area contributed by atoms with Crippen LogP contribution in [0.5, 0.6) is 0 Å². The Balaban J connectivity index is 2.57. The summed E-state index contributed by atoms with van der Waals surface area (Å²) in [4.78, 5) is 39.7. The Hall–Kier alpha value is -1.79. The predicted molar refractivity (Wildman–Crippen MR) is 77.9 cm³/mol. The van der Waals surface area contributed by atoms with E-state index in [1.807, 2.05) is 0 Å². The van der Waals surface area contributed by atoms with Gasteiger partial charge in [0, 0.05) is 32.7 Å². The molecule has 1 aliphatic rings. The summed E-state index contributed by atoms with van der Waals surface area (Å²) in [6.45, 7) is 5.46. The first-order valence-corrected chi connectivity index (χ1v) is 7.38. The van der Waals surface area contributed by atoms with Crippen molar-refractivity contribution in [1.82, 2.24) is 14.7 Å². The minimum Gasteiger partial charge on any atom is -0.481 e. The Morgan fingerprint density at radius 2 is 1.81 bits per heavy atom. The first kappa shape index (κ1) is 17.3. The highest BCUT2D eigenvalue weighted by molar-refractivity contribution is 5.84. The molecule has 1 unspecified atom stereocenters. The van der Waals surface area contributed by atoms with Gasteiger partial charge in [-0.1, -0.05) is 0 Å². The number of carbonyl (C=O) groups excluding carboxylic acids is 2. The monoisotopic (exact) mass is 299 g/mol. The van der Waals surface area contributed by atoms with Crippen molar-refractivity contribution < 1.29 is 19.5 Å². The largest absolute Gasteiger partial charge is 0.481 e. The van der Waals surface area contributed by atoms with Gasteiger partial charge in [0.2, 0.25) is 5.91 Å². The second-order valence-electron chi connectivity index (χ2n) is 5.46. The van der Waals surface area contributed by atoms with Crippen molar-refractivity contribution in [3.8, 4) is 0 Å². The molecule has 0 aromatic rings. The number of hydrogen-bond donors (Lipinski definition) is 1. The normalized spacial score (nSPS) is 15.7. The number of carbonyl (C=O) groups is 3. The van der Waals surface area contributed by atoms with E-state index in [2.05, 4.69) is 0 Å². The van der Waals surface area contributed by atoms with E-state index < -0.39 is 12.0 Å². The third kappa shape index (κ3) is 4.91. The highest BCUT2D eigenvalue weighted by Gasteiger charge is 2.26. The van der Waals surface area contributed by atoms with E-state index in [0.29, 0.717) is 6.54 Å². The van der Waals surface area contributed by atoms with E-state index in [-0.39, 0.29) is 24.9 Å². The van der Waals surface area contributed by atoms with E-state index in [0.717, 1.165) is 25.9 Å². The van der Waals surface area contributed by atoms with Gasteiger partial charge in [-0.2, -0.15) is 0 Å². The maximum absolute atomic E-state index is 12.3. The van der Waals surface area contributed by atoms with Gasteiger partial charge in [-0.15, -0.1) is 0 Å². The quantitative estimate of drug-likeness (QED) is 0.788. The molecule has 0 saturated carbocycles. The molecule has 0 spiro atoms. The lowest BCUT2D eigenvalue weighted by molar-refractivity contribution is -0.138. The Labute approximate surface area is 125 Å². The molecule has 0 bridgehead atoms. The van der Waals surface area contributed by atoms with Crippen molar-refractivity contribution in [3.05, 3.63) is 0 Å². The van der Waals surface area contributed by atoms with Gasteiger partial charge in [-0.3, -0.25) is 9.59 Å². The molecule has 1 heterocycles. The molecule has 0 aliphatic carbocycles. The summed E-state index contributed by atoms with van der Waals surface area (Å²) in [6, 6.07) is -0.705. The molecule has 0 radical (unpaired) electrons. The molecule has 120 valence electrons. The number of aliphatic carboxylic acids is 1. The Bertz CT molecular complexity index is 394. The zero-order chi connectivity index (χ0) is 16.0. The van der Waals surface area contributed by atoms with Crippen LogP contribution in [0.3, 0.4) is 0 Å². The average molecular weight is 299 g/mol. The first-order chi connectivity index (χ1) is 9.86. The Kier molecular flexibility index (Phi) is 6.45. The lowest BCUT2D eigenvalue weighted by Gasteiger charge is -2.31. The predicted octanol–water partition coefficient (Wildman–Crippen LogP) is 0.846. The van der Waals surface area contributed by atoms with Crippen LogP contribution in [0, 0.1) is 0 Å². The molecule has 1 aliphatic heterocycles. The van der Waals surface area contributed by atoms with Crippen LogP contribution in [-0.4, -0.2) is 77.0 Å². The van der Waals surface area contributed by atoms with Crippen LogP contribution in [0.15, 0.2) is 0 Å². The number of likely N-dealkylation sites (N-methyl/N-ethyl adjacent to an activating group) is 1. The molecule has 3 amide bonds. The molecule has 7 nitrogen and oxygen atoms in total. The molecule has 21 heavy (non-hydrogen) atoms. The van der Waals surface area contributed by atoms with E-state index in [1.54, 1.807) is 25.8 Å².